The molecule has 1 saturated heterocycles. The van der Waals surface area contributed by atoms with E-state index >= 15 is 0 Å². The lowest BCUT2D eigenvalue weighted by molar-refractivity contribution is -0.115. The number of anilines is 2. The van der Waals surface area contributed by atoms with Crippen molar-refractivity contribution in [1.29, 1.82) is 0 Å². The fourth-order valence-electron chi connectivity index (χ4n) is 3.07. The molecule has 30 heavy (non-hydrogen) atoms. The summed E-state index contributed by atoms with van der Waals surface area (Å²) in [6.45, 7) is 1.72. The molecule has 0 unspecified atom stereocenters. The Kier molecular flexibility index (Phi) is 6.68. The minimum atomic E-state index is -3.65. The predicted octanol–water partition coefficient (Wildman–Crippen LogP) is 1.30. The van der Waals surface area contributed by atoms with Crippen LogP contribution in [0.4, 0.5) is 11.5 Å². The van der Waals surface area contributed by atoms with Crippen LogP contribution in [0.5, 0.6) is 0 Å². The molecule has 2 heterocycles. The van der Waals surface area contributed by atoms with Gasteiger partial charge in [0.2, 0.25) is 15.9 Å². The van der Waals surface area contributed by atoms with Crippen molar-refractivity contribution >= 4 is 33.3 Å². The zero-order valence-corrected chi connectivity index (χ0v) is 17.8. The fraction of sp³-hybridized carbons (Fsp3) is 0.350. The summed E-state index contributed by atoms with van der Waals surface area (Å²) in [5.74, 6) is -0.0639. The van der Waals surface area contributed by atoms with Gasteiger partial charge in [-0.3, -0.25) is 9.59 Å². The number of carbonyl (C=O) groups excluding carboxylic acids is 2. The first-order chi connectivity index (χ1) is 14.3. The van der Waals surface area contributed by atoms with Crippen LogP contribution in [-0.2, 0) is 14.8 Å². The third-order valence-corrected chi connectivity index (χ3v) is 6.56. The van der Waals surface area contributed by atoms with E-state index in [4.69, 9.17) is 0 Å². The lowest BCUT2D eigenvalue weighted by atomic mass is 10.2. The maximum absolute atomic E-state index is 12.3. The van der Waals surface area contributed by atoms with Crippen LogP contribution in [0.1, 0.15) is 23.2 Å². The van der Waals surface area contributed by atoms with Crippen molar-refractivity contribution < 1.29 is 18.0 Å². The number of aromatic nitrogens is 1. The van der Waals surface area contributed by atoms with Gasteiger partial charge in [-0.15, -0.1) is 0 Å². The number of hydrogen-bond acceptors (Lipinski definition) is 6. The quantitative estimate of drug-likeness (QED) is 0.684. The highest BCUT2D eigenvalue weighted by Gasteiger charge is 2.19. The Bertz CT molecular complexity index is 1020. The highest BCUT2D eigenvalue weighted by atomic mass is 32.2. The summed E-state index contributed by atoms with van der Waals surface area (Å²) in [6.07, 6.45) is 3.90. The van der Waals surface area contributed by atoms with Gasteiger partial charge in [0.15, 0.2) is 0 Å². The van der Waals surface area contributed by atoms with Crippen LogP contribution >= 0.6 is 0 Å². The molecule has 0 spiro atoms. The van der Waals surface area contributed by atoms with Crippen LogP contribution in [0.15, 0.2) is 47.5 Å². The Hall–Kier alpha value is -2.98. The van der Waals surface area contributed by atoms with E-state index in [2.05, 4.69) is 20.5 Å². The van der Waals surface area contributed by atoms with Crippen LogP contribution in [0.25, 0.3) is 0 Å². The molecule has 1 aromatic carbocycles. The molecule has 0 atom stereocenters. The second-order valence-corrected chi connectivity index (χ2v) is 9.30. The lowest BCUT2D eigenvalue weighted by Crippen LogP contribution is -2.33. The highest BCUT2D eigenvalue weighted by Crippen LogP contribution is 2.19. The SMILES string of the molecule is CN(C)S(=O)(=O)c1cccc(C(=O)NCC(=O)Nc2ccc(N3CCCC3)nc2)c1. The number of benzene rings is 1. The Morgan fingerprint density at radius 3 is 2.50 bits per heavy atom. The molecule has 2 N–H and O–H groups in total. The van der Waals surface area contributed by atoms with E-state index < -0.39 is 21.8 Å². The molecule has 0 radical (unpaired) electrons. The van der Waals surface area contributed by atoms with Crippen molar-refractivity contribution in [2.75, 3.05) is 43.9 Å². The third kappa shape index (κ3) is 5.14. The van der Waals surface area contributed by atoms with Gasteiger partial charge in [0.25, 0.3) is 5.91 Å². The van der Waals surface area contributed by atoms with Crippen molar-refractivity contribution in [3.8, 4) is 0 Å². The largest absolute Gasteiger partial charge is 0.357 e. The molecular weight excluding hydrogens is 406 g/mol. The summed E-state index contributed by atoms with van der Waals surface area (Å²) in [5, 5.41) is 5.17. The predicted molar refractivity (Wildman–Crippen MR) is 114 cm³/mol. The molecule has 9 nitrogen and oxygen atoms in total. The smallest absolute Gasteiger partial charge is 0.251 e. The van der Waals surface area contributed by atoms with Gasteiger partial charge < -0.3 is 15.5 Å². The first-order valence-corrected chi connectivity index (χ1v) is 11.0. The molecule has 2 aromatic rings. The number of pyridine rings is 1. The zero-order valence-electron chi connectivity index (χ0n) is 17.0. The van der Waals surface area contributed by atoms with Crippen LogP contribution in [-0.4, -0.2) is 63.3 Å². The van der Waals surface area contributed by atoms with Crippen LogP contribution in [0.2, 0.25) is 0 Å². The van der Waals surface area contributed by atoms with Gasteiger partial charge in [-0.25, -0.2) is 17.7 Å². The van der Waals surface area contributed by atoms with Crippen LogP contribution in [0.3, 0.4) is 0 Å². The molecule has 1 fully saturated rings. The van der Waals surface area contributed by atoms with Crippen molar-refractivity contribution in [1.82, 2.24) is 14.6 Å². The summed E-state index contributed by atoms with van der Waals surface area (Å²) in [4.78, 5) is 31.0. The Morgan fingerprint density at radius 2 is 1.87 bits per heavy atom. The molecule has 160 valence electrons. The Morgan fingerprint density at radius 1 is 1.13 bits per heavy atom. The number of amides is 2. The normalized spacial score (nSPS) is 14.0. The number of nitrogens with zero attached hydrogens (tertiary/aromatic N) is 3. The van der Waals surface area contributed by atoms with E-state index in [1.165, 1.54) is 38.4 Å². The van der Waals surface area contributed by atoms with Crippen molar-refractivity contribution in [3.63, 3.8) is 0 Å². The highest BCUT2D eigenvalue weighted by molar-refractivity contribution is 7.89. The molecule has 1 aliphatic rings. The minimum Gasteiger partial charge on any atom is -0.357 e. The van der Waals surface area contributed by atoms with Crippen molar-refractivity contribution in [2.45, 2.75) is 17.7 Å². The number of sulfonamides is 1. The van der Waals surface area contributed by atoms with Crippen LogP contribution in [0, 0.1) is 0 Å². The second kappa shape index (κ2) is 9.23. The van der Waals surface area contributed by atoms with E-state index in [1.54, 1.807) is 12.3 Å². The number of rotatable bonds is 7. The minimum absolute atomic E-state index is 0.00812. The van der Waals surface area contributed by atoms with Crippen molar-refractivity contribution in [3.05, 3.63) is 48.2 Å². The first kappa shape index (κ1) is 21.7. The van der Waals surface area contributed by atoms with E-state index in [9.17, 15) is 18.0 Å². The average Bonchev–Trinajstić information content (AvgIpc) is 3.27. The molecule has 1 aromatic heterocycles. The van der Waals surface area contributed by atoms with Gasteiger partial charge in [-0.2, -0.15) is 0 Å². The van der Waals surface area contributed by atoms with E-state index in [-0.39, 0.29) is 17.0 Å². The van der Waals surface area contributed by atoms with Gasteiger partial charge in [0, 0.05) is 32.7 Å². The standard InChI is InChI=1S/C20H25N5O4S/c1-24(2)30(28,29)17-7-5-6-15(12-17)20(27)22-14-19(26)23-16-8-9-18(21-13-16)25-10-3-4-11-25/h5-9,12-13H,3-4,10-11,14H2,1-2H3,(H,22,27)(H,23,26). The molecule has 3 rings (SSSR count). The number of nitrogens with one attached hydrogen (secondary N) is 2. The van der Waals surface area contributed by atoms with Gasteiger partial charge >= 0.3 is 0 Å². The fourth-order valence-corrected chi connectivity index (χ4v) is 4.02. The summed E-state index contributed by atoms with van der Waals surface area (Å²) in [6, 6.07) is 9.30. The number of hydrogen-bond donors (Lipinski definition) is 2. The second-order valence-electron chi connectivity index (χ2n) is 7.15. The Balaban J connectivity index is 1.55. The monoisotopic (exact) mass is 431 g/mol. The summed E-state index contributed by atoms with van der Waals surface area (Å²) in [7, 11) is -0.820. The molecule has 0 bridgehead atoms. The zero-order chi connectivity index (χ0) is 21.7. The Labute approximate surface area is 176 Å². The van der Waals surface area contributed by atoms with Gasteiger partial charge in [-0.05, 0) is 43.2 Å². The molecular formula is C20H25N5O4S. The third-order valence-electron chi connectivity index (χ3n) is 4.75. The topological polar surface area (TPSA) is 112 Å². The molecule has 1 aliphatic heterocycles. The summed E-state index contributed by atoms with van der Waals surface area (Å²) >= 11 is 0. The van der Waals surface area contributed by atoms with Gasteiger partial charge in [-0.1, -0.05) is 6.07 Å². The lowest BCUT2D eigenvalue weighted by Gasteiger charge is -2.16. The maximum atomic E-state index is 12.3. The molecule has 2 amide bonds. The van der Waals surface area contributed by atoms with Crippen LogP contribution < -0.4 is 15.5 Å². The first-order valence-electron chi connectivity index (χ1n) is 9.59. The average molecular weight is 432 g/mol. The summed E-state index contributed by atoms with van der Waals surface area (Å²) in [5.41, 5.74) is 0.693. The molecule has 0 aliphatic carbocycles. The van der Waals surface area contributed by atoms with E-state index in [0.29, 0.717) is 5.69 Å². The number of carbonyl (C=O) groups is 2. The molecule has 0 saturated carbocycles. The van der Waals surface area contributed by atoms with Gasteiger partial charge in [0.1, 0.15) is 5.82 Å². The van der Waals surface area contributed by atoms with E-state index in [1.807, 2.05) is 6.07 Å². The van der Waals surface area contributed by atoms with Crippen molar-refractivity contribution in [2.24, 2.45) is 0 Å². The summed E-state index contributed by atoms with van der Waals surface area (Å²) < 4.78 is 25.5. The maximum Gasteiger partial charge on any atom is 0.251 e. The van der Waals surface area contributed by atoms with E-state index in [0.717, 1.165) is 36.1 Å². The molecule has 10 heteroatoms. The van der Waals surface area contributed by atoms with Gasteiger partial charge in [0.05, 0.1) is 23.3 Å².